The molecule has 2 heterocycles. The van der Waals surface area contributed by atoms with Crippen molar-refractivity contribution in [2.24, 2.45) is 0 Å². The molecule has 0 saturated carbocycles. The third-order valence-electron chi connectivity index (χ3n) is 7.25. The van der Waals surface area contributed by atoms with Gasteiger partial charge in [-0.3, -0.25) is 4.79 Å². The molecule has 0 aromatic heterocycles. The fraction of sp³-hybridized carbons (Fsp3) is 0.219. The van der Waals surface area contributed by atoms with Gasteiger partial charge in [-0.25, -0.2) is 4.39 Å². The maximum atomic E-state index is 14.8. The smallest absolute Gasteiger partial charge is 0.257 e. The summed E-state index contributed by atoms with van der Waals surface area (Å²) < 4.78 is 43.7. The van der Waals surface area contributed by atoms with Crippen LogP contribution in [0.25, 0.3) is 0 Å². The first-order valence-corrected chi connectivity index (χ1v) is 13.0. The first-order valence-electron chi connectivity index (χ1n) is 13.0. The van der Waals surface area contributed by atoms with E-state index in [9.17, 15) is 9.18 Å². The number of rotatable bonds is 7. The van der Waals surface area contributed by atoms with Crippen molar-refractivity contribution in [1.82, 2.24) is 4.90 Å². The van der Waals surface area contributed by atoms with Crippen LogP contribution in [0.5, 0.6) is 28.7 Å². The van der Waals surface area contributed by atoms with Crippen LogP contribution in [-0.4, -0.2) is 38.4 Å². The van der Waals surface area contributed by atoms with E-state index in [4.69, 9.17) is 23.7 Å². The molecular weight excluding hydrogens is 513 g/mol. The highest BCUT2D eigenvalue weighted by molar-refractivity contribution is 5.95. The lowest BCUT2D eigenvalue weighted by molar-refractivity contribution is 0.0689. The third-order valence-corrected chi connectivity index (χ3v) is 7.25. The Labute approximate surface area is 231 Å². The van der Waals surface area contributed by atoms with Gasteiger partial charge in [-0.1, -0.05) is 42.5 Å². The molecule has 1 atom stereocenters. The highest BCUT2D eigenvalue weighted by atomic mass is 19.1. The predicted molar refractivity (Wildman–Crippen MR) is 146 cm³/mol. The lowest BCUT2D eigenvalue weighted by atomic mass is 9.87. The van der Waals surface area contributed by atoms with Gasteiger partial charge in [-0.05, 0) is 65.1 Å². The molecule has 204 valence electrons. The number of carbonyl (C=O) groups excluding carboxylic acids is 1. The summed E-state index contributed by atoms with van der Waals surface area (Å²) in [5.41, 5.74) is 3.62. The van der Waals surface area contributed by atoms with E-state index in [1.165, 1.54) is 12.1 Å². The lowest BCUT2D eigenvalue weighted by Crippen LogP contribution is -2.41. The van der Waals surface area contributed by atoms with Crippen LogP contribution in [0, 0.1) is 5.82 Å². The Morgan fingerprint density at radius 1 is 0.925 bits per heavy atom. The number of nitrogens with zero attached hydrogens (tertiary/aromatic N) is 1. The number of hydrogen-bond donors (Lipinski definition) is 0. The molecule has 0 radical (unpaired) electrons. The number of carbonyl (C=O) groups is 1. The van der Waals surface area contributed by atoms with Crippen molar-refractivity contribution in [3.05, 3.63) is 112 Å². The number of methoxy groups -OCH3 is 2. The molecule has 4 aromatic carbocycles. The van der Waals surface area contributed by atoms with Crippen LogP contribution in [0.4, 0.5) is 4.39 Å². The number of hydrogen-bond acceptors (Lipinski definition) is 6. The summed E-state index contributed by atoms with van der Waals surface area (Å²) in [6.45, 7) is 0.831. The molecule has 0 fully saturated rings. The zero-order chi connectivity index (χ0) is 27.6. The average molecular weight is 542 g/mol. The molecular formula is C32H28FNO6. The average Bonchev–Trinajstić information content (AvgIpc) is 3.45. The first-order chi connectivity index (χ1) is 19.6. The number of benzene rings is 4. The van der Waals surface area contributed by atoms with Gasteiger partial charge in [0, 0.05) is 6.54 Å². The number of fused-ring (bicyclic) bond motifs is 2. The van der Waals surface area contributed by atoms with Gasteiger partial charge in [0.25, 0.3) is 5.91 Å². The molecule has 40 heavy (non-hydrogen) atoms. The van der Waals surface area contributed by atoms with Crippen molar-refractivity contribution in [3.8, 4) is 28.7 Å². The molecule has 4 aromatic rings. The number of halogens is 1. The number of ether oxygens (including phenoxy) is 5. The monoisotopic (exact) mass is 541 g/mol. The maximum absolute atomic E-state index is 14.8. The molecule has 0 spiro atoms. The van der Waals surface area contributed by atoms with E-state index in [1.54, 1.807) is 31.3 Å². The predicted octanol–water partition coefficient (Wildman–Crippen LogP) is 5.94. The van der Waals surface area contributed by atoms with Gasteiger partial charge in [-0.15, -0.1) is 0 Å². The minimum atomic E-state index is -0.573. The molecule has 0 N–H and O–H groups in total. The molecule has 2 aliphatic rings. The largest absolute Gasteiger partial charge is 0.493 e. The Hall–Kier alpha value is -4.72. The van der Waals surface area contributed by atoms with Crippen molar-refractivity contribution < 1.29 is 32.9 Å². The second-order valence-corrected chi connectivity index (χ2v) is 9.56. The minimum Gasteiger partial charge on any atom is -0.493 e. The highest BCUT2D eigenvalue weighted by Crippen LogP contribution is 2.47. The van der Waals surface area contributed by atoms with Crippen molar-refractivity contribution in [3.63, 3.8) is 0 Å². The quantitative estimate of drug-likeness (QED) is 0.289. The van der Waals surface area contributed by atoms with Crippen LogP contribution >= 0.6 is 0 Å². The second kappa shape index (κ2) is 10.8. The van der Waals surface area contributed by atoms with E-state index in [0.29, 0.717) is 48.3 Å². The molecule has 7 nitrogen and oxygen atoms in total. The zero-order valence-electron chi connectivity index (χ0n) is 22.2. The summed E-state index contributed by atoms with van der Waals surface area (Å²) in [7, 11) is 3.12. The van der Waals surface area contributed by atoms with Crippen LogP contribution in [0.15, 0.2) is 78.9 Å². The SMILES string of the molecule is COc1cc(C2c3cc4c(cc3CCN2C(=O)c2ccccc2F)OCO4)cc(OC)c1OCc1ccccc1. The van der Waals surface area contributed by atoms with E-state index in [2.05, 4.69) is 0 Å². The van der Waals surface area contributed by atoms with Gasteiger partial charge >= 0.3 is 0 Å². The topological polar surface area (TPSA) is 66.5 Å². The van der Waals surface area contributed by atoms with Crippen LogP contribution in [0.2, 0.25) is 0 Å². The van der Waals surface area contributed by atoms with Crippen molar-refractivity contribution in [2.75, 3.05) is 27.6 Å². The second-order valence-electron chi connectivity index (χ2n) is 9.56. The molecule has 2 aliphatic heterocycles. The summed E-state index contributed by atoms with van der Waals surface area (Å²) in [5, 5.41) is 0. The fourth-order valence-corrected chi connectivity index (χ4v) is 5.31. The minimum absolute atomic E-state index is 0.0124. The molecule has 0 aliphatic carbocycles. The lowest BCUT2D eigenvalue weighted by Gasteiger charge is -2.38. The van der Waals surface area contributed by atoms with Gasteiger partial charge in [0.05, 0.1) is 25.8 Å². The summed E-state index contributed by atoms with van der Waals surface area (Å²) >= 11 is 0. The standard InChI is InChI=1S/C32H28FNO6/c1-36-28-15-22(16-29(37-2)31(28)38-18-20-8-4-3-5-9-20)30-24-17-27-26(39-19-40-27)14-21(24)12-13-34(30)32(35)23-10-6-7-11-25(23)33/h3-11,14-17,30H,12-13,18-19H2,1-2H3. The van der Waals surface area contributed by atoms with Gasteiger partial charge < -0.3 is 28.6 Å². The van der Waals surface area contributed by atoms with E-state index in [1.807, 2.05) is 54.6 Å². The summed E-state index contributed by atoms with van der Waals surface area (Å²) in [4.78, 5) is 15.5. The summed E-state index contributed by atoms with van der Waals surface area (Å²) in [6, 6.07) is 22.8. The Bertz CT molecular complexity index is 1530. The summed E-state index contributed by atoms with van der Waals surface area (Å²) in [5.74, 6) is 1.66. The number of amides is 1. The van der Waals surface area contributed by atoms with E-state index in [0.717, 1.165) is 22.3 Å². The Morgan fingerprint density at radius 3 is 2.30 bits per heavy atom. The van der Waals surface area contributed by atoms with E-state index >= 15 is 0 Å². The summed E-state index contributed by atoms with van der Waals surface area (Å²) in [6.07, 6.45) is 0.579. The maximum Gasteiger partial charge on any atom is 0.257 e. The van der Waals surface area contributed by atoms with E-state index < -0.39 is 17.8 Å². The first kappa shape index (κ1) is 25.6. The van der Waals surface area contributed by atoms with Crippen molar-refractivity contribution >= 4 is 5.91 Å². The van der Waals surface area contributed by atoms with Gasteiger partial charge in [0.2, 0.25) is 12.5 Å². The molecule has 6 rings (SSSR count). The van der Waals surface area contributed by atoms with E-state index in [-0.39, 0.29) is 12.4 Å². The Morgan fingerprint density at radius 2 is 1.60 bits per heavy atom. The molecule has 1 amide bonds. The molecule has 0 saturated heterocycles. The molecule has 1 unspecified atom stereocenters. The highest BCUT2D eigenvalue weighted by Gasteiger charge is 2.36. The van der Waals surface area contributed by atoms with Gasteiger partial charge in [0.15, 0.2) is 23.0 Å². The normalized spacial score (nSPS) is 15.4. The third kappa shape index (κ3) is 4.66. The van der Waals surface area contributed by atoms with Crippen molar-refractivity contribution in [1.29, 1.82) is 0 Å². The van der Waals surface area contributed by atoms with Crippen LogP contribution < -0.4 is 23.7 Å². The van der Waals surface area contributed by atoms with Crippen LogP contribution in [0.1, 0.15) is 38.7 Å². The van der Waals surface area contributed by atoms with Crippen LogP contribution in [-0.2, 0) is 13.0 Å². The Kier molecular flexibility index (Phi) is 6.90. The van der Waals surface area contributed by atoms with Gasteiger partial charge in [-0.2, -0.15) is 0 Å². The Balaban J connectivity index is 1.46. The molecule has 0 bridgehead atoms. The van der Waals surface area contributed by atoms with Crippen LogP contribution in [0.3, 0.4) is 0 Å². The zero-order valence-corrected chi connectivity index (χ0v) is 22.2. The van der Waals surface area contributed by atoms with Crippen molar-refractivity contribution in [2.45, 2.75) is 19.1 Å². The van der Waals surface area contributed by atoms with Gasteiger partial charge in [0.1, 0.15) is 12.4 Å². The molecule has 8 heteroatoms. The fourth-order valence-electron chi connectivity index (χ4n) is 5.31.